The fourth-order valence-corrected chi connectivity index (χ4v) is 2.72. The first-order valence-corrected chi connectivity index (χ1v) is 8.20. The van der Waals surface area contributed by atoms with Gasteiger partial charge in [0, 0.05) is 5.69 Å². The molecule has 3 rings (SSSR count). The lowest BCUT2D eigenvalue weighted by atomic mass is 9.92. The zero-order valence-corrected chi connectivity index (χ0v) is 14.5. The Labute approximate surface area is 155 Å². The van der Waals surface area contributed by atoms with Gasteiger partial charge < -0.3 is 10.6 Å². The Bertz CT molecular complexity index is 921. The second kappa shape index (κ2) is 7.17. The maximum atomic E-state index is 12.7. The van der Waals surface area contributed by atoms with Gasteiger partial charge in [-0.3, -0.25) is 15.0 Å². The number of hydrogen-bond donors (Lipinski definition) is 3. The number of nitrogens with one attached hydrogen (secondary N) is 3. The Balaban J connectivity index is 1.63. The molecule has 3 N–H and O–H groups in total. The van der Waals surface area contributed by atoms with Crippen molar-refractivity contribution in [3.05, 3.63) is 65.7 Å². The maximum Gasteiger partial charge on any atom is 0.344 e. The van der Waals surface area contributed by atoms with Crippen LogP contribution < -0.4 is 16.1 Å². The van der Waals surface area contributed by atoms with Crippen molar-refractivity contribution in [2.24, 2.45) is 0 Å². The van der Waals surface area contributed by atoms with E-state index in [0.29, 0.717) is 21.8 Å². The van der Waals surface area contributed by atoms with Crippen molar-refractivity contribution in [2.75, 3.05) is 11.9 Å². The molecule has 1 aliphatic rings. The van der Waals surface area contributed by atoms with Gasteiger partial charge in [-0.15, -0.1) is 0 Å². The molecule has 0 saturated carbocycles. The van der Waals surface area contributed by atoms with Crippen LogP contribution in [-0.4, -0.2) is 29.4 Å². The Morgan fingerprint density at radius 1 is 1.15 bits per heavy atom. The molecule has 0 spiro atoms. The maximum absolute atomic E-state index is 12.7. The van der Waals surface area contributed by atoms with E-state index in [2.05, 4.69) is 16.1 Å². The van der Waals surface area contributed by atoms with Crippen LogP contribution in [0, 0.1) is 11.3 Å². The molecule has 2 aromatic rings. The van der Waals surface area contributed by atoms with Crippen molar-refractivity contribution in [3.8, 4) is 6.07 Å². The summed E-state index contributed by atoms with van der Waals surface area (Å²) < 4.78 is 0. The molecule has 0 aromatic heterocycles. The summed E-state index contributed by atoms with van der Waals surface area (Å²) in [5, 5.41) is 14.9. The average molecular weight is 363 g/mol. The Hall–Kier alpha value is -3.86. The normalized spacial score (nSPS) is 18.6. The van der Waals surface area contributed by atoms with Gasteiger partial charge in [-0.05, 0) is 36.8 Å². The second-order valence-corrected chi connectivity index (χ2v) is 6.14. The summed E-state index contributed by atoms with van der Waals surface area (Å²) in [5.41, 5.74) is 2.83. The molecule has 4 amide bonds. The third kappa shape index (κ3) is 3.57. The number of hydrazine groups is 1. The van der Waals surface area contributed by atoms with Gasteiger partial charge in [0.15, 0.2) is 0 Å². The molecule has 0 aliphatic carbocycles. The van der Waals surface area contributed by atoms with Crippen LogP contribution in [0.15, 0.2) is 54.6 Å². The first-order valence-electron chi connectivity index (χ1n) is 8.20. The molecule has 1 aliphatic heterocycles. The number of benzene rings is 2. The molecule has 1 atom stereocenters. The number of anilines is 1. The molecule has 0 bridgehead atoms. The van der Waals surface area contributed by atoms with Crippen molar-refractivity contribution in [1.82, 2.24) is 15.8 Å². The van der Waals surface area contributed by atoms with E-state index in [-0.39, 0.29) is 6.54 Å². The van der Waals surface area contributed by atoms with Crippen LogP contribution in [0.3, 0.4) is 0 Å². The summed E-state index contributed by atoms with van der Waals surface area (Å²) in [6, 6.07) is 16.7. The molecule has 1 saturated heterocycles. The number of rotatable bonds is 5. The van der Waals surface area contributed by atoms with Crippen LogP contribution in [0.2, 0.25) is 0 Å². The van der Waals surface area contributed by atoms with Gasteiger partial charge in [0.25, 0.3) is 11.8 Å². The van der Waals surface area contributed by atoms with E-state index in [0.717, 1.165) is 0 Å². The number of urea groups is 1. The lowest BCUT2D eigenvalue weighted by molar-refractivity contribution is -0.138. The number of nitriles is 1. The summed E-state index contributed by atoms with van der Waals surface area (Å²) >= 11 is 0. The molecule has 2 aromatic carbocycles. The molecule has 27 heavy (non-hydrogen) atoms. The Morgan fingerprint density at radius 2 is 1.81 bits per heavy atom. The van der Waals surface area contributed by atoms with Crippen LogP contribution in [-0.2, 0) is 15.1 Å². The standard InChI is InChI=1S/C19H17N5O3/c1-19(14-5-3-2-4-6-14)17(26)24(18(27)22-19)23-16(25)12-21-15-9-7-13(11-20)8-10-15/h2-10,21H,12H2,1H3,(H,22,27)(H,23,25). The van der Waals surface area contributed by atoms with Gasteiger partial charge in [-0.25, -0.2) is 4.79 Å². The highest BCUT2D eigenvalue weighted by Crippen LogP contribution is 2.27. The first-order chi connectivity index (χ1) is 12.9. The quantitative estimate of drug-likeness (QED) is 0.696. The molecular weight excluding hydrogens is 346 g/mol. The highest BCUT2D eigenvalue weighted by atomic mass is 16.2. The first kappa shape index (κ1) is 17.9. The SMILES string of the molecule is CC1(c2ccccc2)NC(=O)N(NC(=O)CNc2ccc(C#N)cc2)C1=O. The van der Waals surface area contributed by atoms with E-state index < -0.39 is 23.4 Å². The minimum absolute atomic E-state index is 0.148. The largest absolute Gasteiger partial charge is 0.376 e. The summed E-state index contributed by atoms with van der Waals surface area (Å²) in [5.74, 6) is -1.12. The molecule has 136 valence electrons. The Morgan fingerprint density at radius 3 is 2.44 bits per heavy atom. The van der Waals surface area contributed by atoms with Gasteiger partial charge in [0.2, 0.25) is 0 Å². The van der Waals surface area contributed by atoms with Crippen LogP contribution in [0.5, 0.6) is 0 Å². The van der Waals surface area contributed by atoms with E-state index >= 15 is 0 Å². The number of carbonyl (C=O) groups excluding carboxylic acids is 3. The number of hydrogen-bond acceptors (Lipinski definition) is 5. The van der Waals surface area contributed by atoms with Gasteiger partial charge in [-0.2, -0.15) is 10.3 Å². The van der Waals surface area contributed by atoms with Crippen molar-refractivity contribution < 1.29 is 14.4 Å². The van der Waals surface area contributed by atoms with E-state index in [4.69, 9.17) is 5.26 Å². The number of amides is 4. The Kier molecular flexibility index (Phi) is 4.77. The number of carbonyl (C=O) groups is 3. The monoisotopic (exact) mass is 363 g/mol. The summed E-state index contributed by atoms with van der Waals surface area (Å²) in [6.07, 6.45) is 0. The van der Waals surface area contributed by atoms with Crippen molar-refractivity contribution in [3.63, 3.8) is 0 Å². The van der Waals surface area contributed by atoms with Crippen LogP contribution in [0.1, 0.15) is 18.1 Å². The molecule has 1 heterocycles. The molecular formula is C19H17N5O3. The number of nitrogens with zero attached hydrogens (tertiary/aromatic N) is 2. The third-order valence-electron chi connectivity index (χ3n) is 4.25. The lowest BCUT2D eigenvalue weighted by Gasteiger charge is -2.22. The molecule has 1 unspecified atom stereocenters. The molecule has 8 heteroatoms. The molecule has 1 fully saturated rings. The number of imide groups is 1. The van der Waals surface area contributed by atoms with Gasteiger partial charge in [0.05, 0.1) is 18.2 Å². The van der Waals surface area contributed by atoms with Crippen LogP contribution >= 0.6 is 0 Å². The minimum Gasteiger partial charge on any atom is -0.376 e. The van der Waals surface area contributed by atoms with Crippen molar-refractivity contribution >= 4 is 23.5 Å². The van der Waals surface area contributed by atoms with Crippen LogP contribution in [0.25, 0.3) is 0 Å². The fraction of sp³-hybridized carbons (Fsp3) is 0.158. The van der Waals surface area contributed by atoms with Crippen molar-refractivity contribution in [2.45, 2.75) is 12.5 Å². The zero-order valence-electron chi connectivity index (χ0n) is 14.5. The van der Waals surface area contributed by atoms with E-state index in [1.807, 2.05) is 12.1 Å². The highest BCUT2D eigenvalue weighted by Gasteiger charge is 2.49. The second-order valence-electron chi connectivity index (χ2n) is 6.14. The lowest BCUT2D eigenvalue weighted by Crippen LogP contribution is -2.49. The van der Waals surface area contributed by atoms with Crippen LogP contribution in [0.4, 0.5) is 10.5 Å². The van der Waals surface area contributed by atoms with E-state index in [1.54, 1.807) is 55.5 Å². The fourth-order valence-electron chi connectivity index (χ4n) is 2.72. The van der Waals surface area contributed by atoms with Gasteiger partial charge >= 0.3 is 6.03 Å². The predicted molar refractivity (Wildman–Crippen MR) is 97.0 cm³/mol. The topological polar surface area (TPSA) is 114 Å². The zero-order chi connectivity index (χ0) is 19.4. The van der Waals surface area contributed by atoms with E-state index in [9.17, 15) is 14.4 Å². The minimum atomic E-state index is -1.24. The molecule has 0 radical (unpaired) electrons. The summed E-state index contributed by atoms with van der Waals surface area (Å²) in [4.78, 5) is 37.0. The van der Waals surface area contributed by atoms with Crippen molar-refractivity contribution in [1.29, 1.82) is 5.26 Å². The third-order valence-corrected chi connectivity index (χ3v) is 4.25. The highest BCUT2D eigenvalue weighted by molar-refractivity contribution is 6.08. The van der Waals surface area contributed by atoms with E-state index in [1.165, 1.54) is 0 Å². The summed E-state index contributed by atoms with van der Waals surface area (Å²) in [6.45, 7) is 1.44. The molecule has 8 nitrogen and oxygen atoms in total. The summed E-state index contributed by atoms with van der Waals surface area (Å²) in [7, 11) is 0. The average Bonchev–Trinajstić information content (AvgIpc) is 2.91. The van der Waals surface area contributed by atoms with Gasteiger partial charge in [0.1, 0.15) is 5.54 Å². The van der Waals surface area contributed by atoms with Gasteiger partial charge in [-0.1, -0.05) is 30.3 Å². The smallest absolute Gasteiger partial charge is 0.344 e. The predicted octanol–water partition coefficient (Wildman–Crippen LogP) is 1.47.